The molecule has 2 aliphatic rings. The Labute approximate surface area is 113 Å². The van der Waals surface area contributed by atoms with E-state index < -0.39 is 0 Å². The van der Waals surface area contributed by atoms with Crippen LogP contribution in [0.15, 0.2) is 48.5 Å². The largest absolute Gasteiger partial charge is 0.356 e. The van der Waals surface area contributed by atoms with Gasteiger partial charge in [0.1, 0.15) is 5.60 Å². The molecule has 0 saturated carbocycles. The van der Waals surface area contributed by atoms with Crippen molar-refractivity contribution in [2.45, 2.75) is 18.4 Å². The average Bonchev–Trinajstić information content (AvgIpc) is 3.10. The fraction of sp³-hybridized carbons (Fsp3) is 0.222. The zero-order chi connectivity index (χ0) is 12.9. The second kappa shape index (κ2) is 3.73. The molecule has 1 nitrogen and oxygen atoms in total. The van der Waals surface area contributed by atoms with E-state index in [1.54, 1.807) is 0 Å². The van der Waals surface area contributed by atoms with Crippen LogP contribution in [0, 0.1) is 11.8 Å². The summed E-state index contributed by atoms with van der Waals surface area (Å²) in [4.78, 5) is 0. The number of epoxide rings is 1. The third-order valence-corrected chi connectivity index (χ3v) is 3.89. The van der Waals surface area contributed by atoms with Gasteiger partial charge >= 0.3 is 0 Å². The van der Waals surface area contributed by atoms with Gasteiger partial charge in [-0.25, -0.2) is 0 Å². The quantitative estimate of drug-likeness (QED) is 0.511. The van der Waals surface area contributed by atoms with E-state index in [0.717, 1.165) is 6.61 Å². The Morgan fingerprint density at radius 1 is 1.00 bits per heavy atom. The van der Waals surface area contributed by atoms with Crippen LogP contribution < -0.4 is 0 Å². The first-order valence-corrected chi connectivity index (χ1v) is 6.62. The van der Waals surface area contributed by atoms with E-state index in [-0.39, 0.29) is 11.5 Å². The van der Waals surface area contributed by atoms with Crippen LogP contribution in [-0.2, 0) is 4.74 Å². The molecule has 1 heterocycles. The van der Waals surface area contributed by atoms with Gasteiger partial charge in [-0.2, -0.15) is 0 Å². The lowest BCUT2D eigenvalue weighted by Crippen LogP contribution is -2.00. The van der Waals surface area contributed by atoms with Crippen LogP contribution in [-0.4, -0.2) is 12.2 Å². The third-order valence-electron chi connectivity index (χ3n) is 3.89. The number of hydrogen-bond donors (Lipinski definition) is 0. The minimum atomic E-state index is -0.202. The van der Waals surface area contributed by atoms with Crippen molar-refractivity contribution in [3.05, 3.63) is 59.7 Å². The molecule has 2 aromatic carbocycles. The molecule has 1 aliphatic carbocycles. The van der Waals surface area contributed by atoms with Crippen molar-refractivity contribution in [3.8, 4) is 23.0 Å². The van der Waals surface area contributed by atoms with Crippen molar-refractivity contribution in [3.63, 3.8) is 0 Å². The summed E-state index contributed by atoms with van der Waals surface area (Å²) in [7, 11) is 0. The van der Waals surface area contributed by atoms with Crippen LogP contribution in [0.25, 0.3) is 11.1 Å². The highest BCUT2D eigenvalue weighted by Gasteiger charge is 2.37. The minimum absolute atomic E-state index is 0.188. The third kappa shape index (κ3) is 1.69. The maximum absolute atomic E-state index is 5.36. The Morgan fingerprint density at radius 3 is 2.05 bits per heavy atom. The monoisotopic (exact) mass is 246 g/mol. The second-order valence-corrected chi connectivity index (χ2v) is 5.40. The van der Waals surface area contributed by atoms with Gasteiger partial charge in [-0.1, -0.05) is 60.4 Å². The summed E-state index contributed by atoms with van der Waals surface area (Å²) in [6.07, 6.45) is 0. The predicted octanol–water partition coefficient (Wildman–Crippen LogP) is 3.59. The number of hydrogen-bond acceptors (Lipinski definition) is 1. The molecule has 0 aromatic heterocycles. The molecule has 92 valence electrons. The Hall–Kier alpha value is -2.04. The van der Waals surface area contributed by atoms with Crippen molar-refractivity contribution in [1.29, 1.82) is 0 Å². The van der Waals surface area contributed by atoms with Crippen molar-refractivity contribution in [1.82, 2.24) is 0 Å². The van der Waals surface area contributed by atoms with Crippen LogP contribution in [0.4, 0.5) is 0 Å². The van der Waals surface area contributed by atoms with Gasteiger partial charge in [0.15, 0.2) is 0 Å². The van der Waals surface area contributed by atoms with E-state index >= 15 is 0 Å². The number of fused-ring (bicyclic) bond motifs is 3. The number of rotatable bonds is 0. The lowest BCUT2D eigenvalue weighted by Gasteiger charge is -2.05. The van der Waals surface area contributed by atoms with E-state index in [4.69, 9.17) is 4.74 Å². The number of ether oxygens (including phenoxy) is 1. The predicted molar refractivity (Wildman–Crippen MR) is 75.9 cm³/mol. The Morgan fingerprint density at radius 2 is 1.53 bits per heavy atom. The van der Waals surface area contributed by atoms with Crippen LogP contribution in [0.1, 0.15) is 24.0 Å². The molecule has 1 unspecified atom stereocenters. The maximum atomic E-state index is 5.36. The molecule has 1 aliphatic heterocycles. The molecule has 19 heavy (non-hydrogen) atoms. The summed E-state index contributed by atoms with van der Waals surface area (Å²) in [5.41, 5.74) is 5.08. The fourth-order valence-electron chi connectivity index (χ4n) is 2.72. The molecule has 0 bridgehead atoms. The smallest absolute Gasteiger partial charge is 0.149 e. The summed E-state index contributed by atoms with van der Waals surface area (Å²) >= 11 is 0. The minimum Gasteiger partial charge on any atom is -0.356 e. The number of benzene rings is 2. The van der Waals surface area contributed by atoms with Gasteiger partial charge in [-0.05, 0) is 29.2 Å². The highest BCUT2D eigenvalue weighted by molar-refractivity contribution is 5.80. The first-order chi connectivity index (χ1) is 9.27. The summed E-state index contributed by atoms with van der Waals surface area (Å²) in [6, 6.07) is 17.1. The molecule has 4 rings (SSSR count). The van der Waals surface area contributed by atoms with E-state index in [9.17, 15) is 0 Å². The second-order valence-electron chi connectivity index (χ2n) is 5.40. The zero-order valence-corrected chi connectivity index (χ0v) is 10.8. The molecule has 1 saturated heterocycles. The van der Waals surface area contributed by atoms with Gasteiger partial charge in [0.05, 0.1) is 12.5 Å². The van der Waals surface area contributed by atoms with Crippen molar-refractivity contribution in [2.75, 3.05) is 6.61 Å². The van der Waals surface area contributed by atoms with Gasteiger partial charge < -0.3 is 4.74 Å². The van der Waals surface area contributed by atoms with Crippen molar-refractivity contribution < 1.29 is 4.74 Å². The van der Waals surface area contributed by atoms with Crippen LogP contribution >= 0.6 is 0 Å². The Kier molecular flexibility index (Phi) is 2.13. The molecule has 1 heteroatoms. The lowest BCUT2D eigenvalue weighted by molar-refractivity contribution is 0.377. The van der Waals surface area contributed by atoms with Crippen LogP contribution in [0.5, 0.6) is 0 Å². The zero-order valence-electron chi connectivity index (χ0n) is 10.8. The molecule has 0 amide bonds. The van der Waals surface area contributed by atoms with Crippen molar-refractivity contribution >= 4 is 0 Å². The van der Waals surface area contributed by atoms with Gasteiger partial charge in [0.2, 0.25) is 0 Å². The molecule has 0 radical (unpaired) electrons. The molecule has 1 fully saturated rings. The van der Waals surface area contributed by atoms with E-state index in [1.807, 2.05) is 6.92 Å². The van der Waals surface area contributed by atoms with Gasteiger partial charge in [-0.15, -0.1) is 0 Å². The lowest BCUT2D eigenvalue weighted by atomic mass is 9.97. The highest BCUT2D eigenvalue weighted by atomic mass is 16.6. The highest BCUT2D eigenvalue weighted by Crippen LogP contribution is 2.44. The maximum Gasteiger partial charge on any atom is 0.149 e. The summed E-state index contributed by atoms with van der Waals surface area (Å²) in [5, 5.41) is 0. The first kappa shape index (κ1) is 10.8. The molecule has 0 N–H and O–H groups in total. The first-order valence-electron chi connectivity index (χ1n) is 6.62. The average molecular weight is 246 g/mol. The van der Waals surface area contributed by atoms with E-state index in [1.165, 1.54) is 22.3 Å². The van der Waals surface area contributed by atoms with Gasteiger partial charge in [0.25, 0.3) is 0 Å². The van der Waals surface area contributed by atoms with E-state index in [2.05, 4.69) is 60.4 Å². The topological polar surface area (TPSA) is 12.5 Å². The Balaban J connectivity index is 1.88. The standard InChI is InChI=1S/C18H14O/c1-18(12-19-18)11-10-17-15-8-4-2-6-13(15)14-7-3-5-9-16(14)17/h2-9,17H,12H2,1H3. The molecular weight excluding hydrogens is 232 g/mol. The van der Waals surface area contributed by atoms with Gasteiger partial charge in [-0.3, -0.25) is 0 Å². The summed E-state index contributed by atoms with van der Waals surface area (Å²) in [6.45, 7) is 2.81. The van der Waals surface area contributed by atoms with Gasteiger partial charge in [0, 0.05) is 0 Å². The SMILES string of the molecule is CC1(C#CC2c3ccccc3-c3ccccc32)CO1. The van der Waals surface area contributed by atoms with Crippen LogP contribution in [0.3, 0.4) is 0 Å². The molecular formula is C18H14O. The summed E-state index contributed by atoms with van der Waals surface area (Å²) in [5.74, 6) is 6.89. The molecule has 1 atom stereocenters. The fourth-order valence-corrected chi connectivity index (χ4v) is 2.72. The Bertz CT molecular complexity index is 668. The normalized spacial score (nSPS) is 23.2. The van der Waals surface area contributed by atoms with Crippen LogP contribution in [0.2, 0.25) is 0 Å². The van der Waals surface area contributed by atoms with Crippen molar-refractivity contribution in [2.24, 2.45) is 0 Å². The van der Waals surface area contributed by atoms with E-state index in [0.29, 0.717) is 0 Å². The summed E-state index contributed by atoms with van der Waals surface area (Å²) < 4.78 is 5.36. The molecule has 0 spiro atoms. The molecule has 2 aromatic rings.